The molecule has 79 heavy (non-hydrogen) atoms. The number of Topliss-reactive ketones (excluding diaryl/α,β-unsaturated/α-hetero) is 1. The smallest absolute Gasteiger partial charge is 0.326 e. The van der Waals surface area contributed by atoms with Gasteiger partial charge in [-0.2, -0.15) is 12.7 Å². The highest BCUT2D eigenvalue weighted by Gasteiger charge is 2.45. The van der Waals surface area contributed by atoms with Crippen LogP contribution in [0.5, 0.6) is 0 Å². The topological polar surface area (TPSA) is 214 Å². The molecule has 16 nitrogen and oxygen atoms in total. The number of rotatable bonds is 22. The Morgan fingerprint density at radius 1 is 0.519 bits per heavy atom. The normalized spacial score (nSPS) is 17.3. The Morgan fingerprint density at radius 2 is 0.823 bits per heavy atom. The number of carboxylic acids is 1. The molecule has 0 spiro atoms. The molecule has 2 amide bonds. The van der Waals surface area contributed by atoms with E-state index in [4.69, 9.17) is 9.47 Å². The first-order valence-electron chi connectivity index (χ1n) is 26.3. The lowest BCUT2D eigenvalue weighted by Gasteiger charge is -2.29. The fraction of sp³-hybridized carbons (Fsp3) is 0.344. The van der Waals surface area contributed by atoms with Crippen LogP contribution in [-0.4, -0.2) is 148 Å². The van der Waals surface area contributed by atoms with Gasteiger partial charge in [0.15, 0.2) is 5.78 Å². The van der Waals surface area contributed by atoms with Crippen molar-refractivity contribution in [1.29, 1.82) is 0 Å². The number of carbonyl (C=O) groups is 4. The minimum absolute atomic E-state index is 0.199. The molecule has 420 valence electrons. The Kier molecular flexibility index (Phi) is 23.2. The van der Waals surface area contributed by atoms with Crippen LogP contribution < -0.4 is 5.14 Å². The van der Waals surface area contributed by atoms with Crippen LogP contribution in [0.3, 0.4) is 0 Å². The summed E-state index contributed by atoms with van der Waals surface area (Å²) in [5.74, 6) is -3.74. The predicted octanol–water partition coefficient (Wildman–Crippen LogP) is 7.17. The second kappa shape index (κ2) is 29.9. The Hall–Kier alpha value is -6.90. The van der Waals surface area contributed by atoms with Gasteiger partial charge < -0.3 is 24.4 Å². The van der Waals surface area contributed by atoms with Crippen molar-refractivity contribution in [2.45, 2.75) is 74.7 Å². The summed E-state index contributed by atoms with van der Waals surface area (Å²) >= 11 is 0. The van der Waals surface area contributed by atoms with Crippen LogP contribution in [0.2, 0.25) is 0 Å². The molecule has 2 aliphatic heterocycles. The third kappa shape index (κ3) is 18.3. The van der Waals surface area contributed by atoms with E-state index < -0.39 is 61.7 Å². The van der Waals surface area contributed by atoms with Crippen LogP contribution >= 0.6 is 0 Å². The van der Waals surface area contributed by atoms with Crippen molar-refractivity contribution < 1.29 is 50.6 Å². The third-order valence-corrected chi connectivity index (χ3v) is 16.6. The second-order valence-corrected chi connectivity index (χ2v) is 23.8. The van der Waals surface area contributed by atoms with Gasteiger partial charge in [-0.1, -0.05) is 182 Å². The molecular formula is C61H73N5O11S2. The van der Waals surface area contributed by atoms with Crippen molar-refractivity contribution in [2.75, 3.05) is 60.2 Å². The van der Waals surface area contributed by atoms with E-state index in [1.807, 2.05) is 158 Å². The number of benzene rings is 6. The van der Waals surface area contributed by atoms with Gasteiger partial charge in [0.1, 0.15) is 11.8 Å². The summed E-state index contributed by atoms with van der Waals surface area (Å²) < 4.78 is 59.3. The Bertz CT molecular complexity index is 2990. The number of aliphatic carboxylic acids is 1. The first kappa shape index (κ1) is 61.3. The van der Waals surface area contributed by atoms with E-state index in [0.29, 0.717) is 19.6 Å². The van der Waals surface area contributed by atoms with Crippen molar-refractivity contribution in [3.63, 3.8) is 0 Å². The van der Waals surface area contributed by atoms with Gasteiger partial charge in [-0.3, -0.25) is 14.4 Å². The summed E-state index contributed by atoms with van der Waals surface area (Å²) in [6, 6.07) is 56.6. The average molecular weight is 1120 g/mol. The summed E-state index contributed by atoms with van der Waals surface area (Å²) in [4.78, 5) is 56.3. The molecule has 2 fully saturated rings. The third-order valence-electron chi connectivity index (χ3n) is 13.8. The van der Waals surface area contributed by atoms with E-state index in [9.17, 15) is 41.1 Å². The summed E-state index contributed by atoms with van der Waals surface area (Å²) in [7, 11) is -1.63. The average Bonchev–Trinajstić information content (AvgIpc) is 4.14. The van der Waals surface area contributed by atoms with Gasteiger partial charge >= 0.3 is 5.97 Å². The highest BCUT2D eigenvalue weighted by atomic mass is 32.2. The van der Waals surface area contributed by atoms with Crippen LogP contribution in [-0.2, 0) is 61.7 Å². The van der Waals surface area contributed by atoms with Crippen molar-refractivity contribution in [1.82, 2.24) is 18.4 Å². The zero-order valence-electron chi connectivity index (χ0n) is 45.3. The number of hydrogen-bond donors (Lipinski definition) is 2. The quantitative estimate of drug-likeness (QED) is 0.0650. The number of carboxylic acid groups (broad SMARTS) is 1. The van der Waals surface area contributed by atoms with E-state index in [-0.39, 0.29) is 43.5 Å². The molecule has 2 saturated heterocycles. The SMILES string of the molecule is CN(C)S(=O)(=O)CC(=O)[C@@H]1C[C@H](OCCCc2ccccc2)CN1C(=O)C(c1ccccc1)c1ccccc1.CN(C)S(N)(=O)=O.O=C(O)[C@@H]1C[C@H](OCCCc2ccccc2)CN1C(=O)C(c1ccccc1)c1ccccc1. The highest BCUT2D eigenvalue weighted by molar-refractivity contribution is 7.89. The number of aryl methyl sites for hydroxylation is 2. The Balaban J connectivity index is 0.000000230. The van der Waals surface area contributed by atoms with E-state index in [2.05, 4.69) is 29.4 Å². The number of carbonyl (C=O) groups excluding carboxylic acids is 3. The molecule has 0 saturated carbocycles. The van der Waals surface area contributed by atoms with Gasteiger partial charge in [0.2, 0.25) is 21.8 Å². The van der Waals surface area contributed by atoms with Gasteiger partial charge in [0.25, 0.3) is 10.2 Å². The van der Waals surface area contributed by atoms with Crippen molar-refractivity contribution in [2.24, 2.45) is 5.14 Å². The molecule has 6 aromatic rings. The van der Waals surface area contributed by atoms with Crippen LogP contribution in [0.25, 0.3) is 0 Å². The van der Waals surface area contributed by atoms with Gasteiger partial charge in [-0.05, 0) is 59.1 Å². The minimum atomic E-state index is -3.77. The van der Waals surface area contributed by atoms with Gasteiger partial charge in [0, 0.05) is 67.3 Å². The molecule has 2 aliphatic rings. The molecule has 0 bridgehead atoms. The molecule has 18 heteroatoms. The fourth-order valence-corrected chi connectivity index (χ4v) is 10.3. The minimum Gasteiger partial charge on any atom is -0.480 e. The van der Waals surface area contributed by atoms with Gasteiger partial charge in [-0.15, -0.1) is 0 Å². The lowest BCUT2D eigenvalue weighted by molar-refractivity contribution is -0.148. The van der Waals surface area contributed by atoms with E-state index in [0.717, 1.165) is 56.5 Å². The number of nitrogens with two attached hydrogens (primary N) is 1. The number of sulfonamides is 1. The molecular weight excluding hydrogens is 1040 g/mol. The number of hydrogen-bond acceptors (Lipinski definition) is 10. The summed E-state index contributed by atoms with van der Waals surface area (Å²) in [5, 5.41) is 14.4. The monoisotopic (exact) mass is 1120 g/mol. The lowest BCUT2D eigenvalue weighted by atomic mass is 9.89. The second-order valence-electron chi connectivity index (χ2n) is 19.8. The Labute approximate surface area is 466 Å². The van der Waals surface area contributed by atoms with Crippen LogP contribution in [0.15, 0.2) is 182 Å². The summed E-state index contributed by atoms with van der Waals surface area (Å²) in [6.07, 6.45) is 3.37. The summed E-state index contributed by atoms with van der Waals surface area (Å²) in [5.41, 5.74) is 5.80. The number of nitrogens with zero attached hydrogens (tertiary/aromatic N) is 4. The fourth-order valence-electron chi connectivity index (χ4n) is 9.48. The maximum Gasteiger partial charge on any atom is 0.326 e. The number of amides is 2. The standard InChI is InChI=1S/C31H36N2O5S.C28H29NO4.C2H8N2O2S/c1-32(2)39(36,37)23-29(34)28-21-27(38-20-12-15-24-13-6-3-7-14-24)22-33(28)31(35)30(25-16-8-4-9-17-25)26-18-10-5-11-19-26;30-27(26(22-14-6-2-7-15-22)23-16-8-3-9-17-23)29-20-24(19-25(29)28(31)32)33-18-10-13-21-11-4-1-5-12-21;1-4(2)7(3,5)6/h3-11,13-14,16-19,27-28,30H,12,15,20-23H2,1-2H3;1-9,11-12,14-17,24-26H,10,13,18-20H2,(H,31,32);1-2H3,(H2,3,5,6)/t27-,28-;24-,25-;/m00./s1. The number of ether oxygens (including phenoxy) is 2. The first-order valence-corrected chi connectivity index (χ1v) is 29.4. The van der Waals surface area contributed by atoms with E-state index >= 15 is 0 Å². The van der Waals surface area contributed by atoms with Gasteiger partial charge in [-0.25, -0.2) is 22.7 Å². The zero-order valence-corrected chi connectivity index (χ0v) is 46.9. The molecule has 0 aliphatic carbocycles. The van der Waals surface area contributed by atoms with E-state index in [1.165, 1.54) is 44.2 Å². The molecule has 0 unspecified atom stereocenters. The van der Waals surface area contributed by atoms with Crippen molar-refractivity contribution >= 4 is 43.8 Å². The van der Waals surface area contributed by atoms with Crippen LogP contribution in [0, 0.1) is 0 Å². The molecule has 0 aromatic heterocycles. The zero-order chi connectivity index (χ0) is 57.0. The van der Waals surface area contributed by atoms with Crippen molar-refractivity contribution in [3.05, 3.63) is 215 Å². The number of ketones is 1. The highest BCUT2D eigenvalue weighted by Crippen LogP contribution is 2.34. The van der Waals surface area contributed by atoms with Crippen LogP contribution in [0.4, 0.5) is 0 Å². The number of likely N-dealkylation sites (tertiary alicyclic amines) is 2. The molecule has 3 N–H and O–H groups in total. The first-order chi connectivity index (χ1) is 37.8. The molecule has 2 heterocycles. The van der Waals surface area contributed by atoms with Gasteiger partial charge in [0.05, 0.1) is 30.1 Å². The summed E-state index contributed by atoms with van der Waals surface area (Å²) in [6.45, 7) is 1.55. The maximum absolute atomic E-state index is 14.2. The maximum atomic E-state index is 14.2. The predicted molar refractivity (Wildman–Crippen MR) is 306 cm³/mol. The largest absolute Gasteiger partial charge is 0.480 e. The Morgan fingerprint density at radius 3 is 1.13 bits per heavy atom. The van der Waals surface area contributed by atoms with Crippen LogP contribution in [0.1, 0.15) is 70.9 Å². The molecule has 4 atom stereocenters. The molecule has 0 radical (unpaired) electrons. The lowest BCUT2D eigenvalue weighted by Crippen LogP contribution is -2.46. The van der Waals surface area contributed by atoms with E-state index in [1.54, 1.807) is 4.90 Å². The van der Waals surface area contributed by atoms with Crippen molar-refractivity contribution in [3.8, 4) is 0 Å². The molecule has 8 rings (SSSR count). The molecule has 6 aromatic carbocycles.